The average Bonchev–Trinajstić information content (AvgIpc) is 3.23. The van der Waals surface area contributed by atoms with Crippen molar-refractivity contribution in [3.63, 3.8) is 0 Å². The minimum atomic E-state index is -3.99. The number of nitrogens with zero attached hydrogens (tertiary/aromatic N) is 2. The van der Waals surface area contributed by atoms with Crippen LogP contribution in [0.25, 0.3) is 6.08 Å². The molecule has 1 aliphatic rings. The maximum atomic E-state index is 13.4. The lowest BCUT2D eigenvalue weighted by atomic mass is 10.0. The summed E-state index contributed by atoms with van der Waals surface area (Å²) in [5.74, 6) is -0.121. The molecule has 5 rings (SSSR count). The molecule has 8 heteroatoms. The number of hydrogen-bond acceptors (Lipinski definition) is 5. The van der Waals surface area contributed by atoms with E-state index in [0.717, 1.165) is 5.56 Å². The standard InChI is InChI=1S/C28H19BrN2O4S/c29-25-19-20(16-17-26(25)35-36(33,34)23-14-8-3-9-15-23)18-24-27(21-10-4-1-5-11-21)30-31(28(24)32)22-12-6-2-7-13-22/h1-19H/b24-18-. The number of hydrogen-bond donors (Lipinski definition) is 0. The molecule has 0 atom stereocenters. The third kappa shape index (κ3) is 4.86. The Hall–Kier alpha value is -4.01. The first-order valence-electron chi connectivity index (χ1n) is 11.0. The molecular formula is C28H19BrN2O4S. The highest BCUT2D eigenvalue weighted by molar-refractivity contribution is 9.10. The van der Waals surface area contributed by atoms with Crippen LogP contribution in [0.2, 0.25) is 0 Å². The normalized spacial score (nSPS) is 14.7. The lowest BCUT2D eigenvalue weighted by molar-refractivity contribution is -0.114. The number of anilines is 1. The van der Waals surface area contributed by atoms with Gasteiger partial charge in [0, 0.05) is 5.56 Å². The maximum absolute atomic E-state index is 13.4. The van der Waals surface area contributed by atoms with E-state index in [1.807, 2.05) is 60.7 Å². The SMILES string of the molecule is O=C1/C(=C\c2ccc(OS(=O)(=O)c3ccccc3)c(Br)c2)C(c2ccccc2)=NN1c1ccccc1. The summed E-state index contributed by atoms with van der Waals surface area (Å²) >= 11 is 3.40. The van der Waals surface area contributed by atoms with E-state index in [4.69, 9.17) is 4.18 Å². The number of para-hydroxylation sites is 1. The van der Waals surface area contributed by atoms with E-state index in [1.165, 1.54) is 17.1 Å². The van der Waals surface area contributed by atoms with Crippen LogP contribution in [0, 0.1) is 0 Å². The molecule has 0 saturated heterocycles. The van der Waals surface area contributed by atoms with Gasteiger partial charge in [0.05, 0.1) is 15.7 Å². The van der Waals surface area contributed by atoms with E-state index in [2.05, 4.69) is 21.0 Å². The van der Waals surface area contributed by atoms with Gasteiger partial charge in [-0.2, -0.15) is 18.5 Å². The molecule has 36 heavy (non-hydrogen) atoms. The van der Waals surface area contributed by atoms with Crippen LogP contribution in [0.15, 0.2) is 129 Å². The van der Waals surface area contributed by atoms with Crippen LogP contribution >= 0.6 is 15.9 Å². The maximum Gasteiger partial charge on any atom is 0.339 e. The summed E-state index contributed by atoms with van der Waals surface area (Å²) in [6, 6.07) is 31.6. The van der Waals surface area contributed by atoms with Crippen molar-refractivity contribution >= 4 is 49.4 Å². The van der Waals surface area contributed by atoms with Gasteiger partial charge in [0.1, 0.15) is 10.6 Å². The second kappa shape index (κ2) is 9.93. The highest BCUT2D eigenvalue weighted by atomic mass is 79.9. The van der Waals surface area contributed by atoms with Crippen LogP contribution in [0.1, 0.15) is 11.1 Å². The Morgan fingerprint density at radius 3 is 2.06 bits per heavy atom. The number of carbonyl (C=O) groups is 1. The summed E-state index contributed by atoms with van der Waals surface area (Å²) in [6.45, 7) is 0. The average molecular weight is 559 g/mol. The number of rotatable bonds is 6. The molecule has 1 heterocycles. The number of hydrazone groups is 1. The van der Waals surface area contributed by atoms with Crippen molar-refractivity contribution < 1.29 is 17.4 Å². The molecule has 0 aromatic heterocycles. The summed E-state index contributed by atoms with van der Waals surface area (Å²) in [5.41, 5.74) is 3.11. The van der Waals surface area contributed by atoms with Crippen LogP contribution in [-0.4, -0.2) is 20.0 Å². The molecule has 0 fully saturated rings. The zero-order valence-electron chi connectivity index (χ0n) is 18.8. The summed E-state index contributed by atoms with van der Waals surface area (Å²) in [4.78, 5) is 13.5. The summed E-state index contributed by atoms with van der Waals surface area (Å²) in [6.07, 6.45) is 1.73. The van der Waals surface area contributed by atoms with Crippen molar-refractivity contribution in [1.82, 2.24) is 0 Å². The Bertz CT molecular complexity index is 1590. The van der Waals surface area contributed by atoms with Gasteiger partial charge >= 0.3 is 10.1 Å². The minimum Gasteiger partial charge on any atom is -0.378 e. The number of carbonyl (C=O) groups excluding carboxylic acids is 1. The molecule has 0 N–H and O–H groups in total. The predicted octanol–water partition coefficient (Wildman–Crippen LogP) is 6.05. The molecule has 0 saturated carbocycles. The Morgan fingerprint density at radius 1 is 0.806 bits per heavy atom. The monoisotopic (exact) mass is 558 g/mol. The third-order valence-corrected chi connectivity index (χ3v) is 7.29. The van der Waals surface area contributed by atoms with Gasteiger partial charge in [-0.3, -0.25) is 4.79 Å². The van der Waals surface area contributed by atoms with Crippen LogP contribution in [0.5, 0.6) is 5.75 Å². The smallest absolute Gasteiger partial charge is 0.339 e. The van der Waals surface area contributed by atoms with Crippen molar-refractivity contribution in [3.8, 4) is 5.75 Å². The van der Waals surface area contributed by atoms with Crippen LogP contribution in [0.3, 0.4) is 0 Å². The van der Waals surface area contributed by atoms with E-state index in [1.54, 1.807) is 42.5 Å². The van der Waals surface area contributed by atoms with E-state index < -0.39 is 10.1 Å². The fraction of sp³-hybridized carbons (Fsp3) is 0. The van der Waals surface area contributed by atoms with E-state index in [0.29, 0.717) is 27.0 Å². The molecule has 4 aromatic carbocycles. The molecule has 0 unspecified atom stereocenters. The molecule has 0 spiro atoms. The van der Waals surface area contributed by atoms with E-state index >= 15 is 0 Å². The van der Waals surface area contributed by atoms with Gasteiger partial charge in [-0.1, -0.05) is 72.8 Å². The van der Waals surface area contributed by atoms with Gasteiger partial charge in [-0.05, 0) is 64.0 Å². The van der Waals surface area contributed by atoms with Gasteiger partial charge in [-0.15, -0.1) is 0 Å². The highest BCUT2D eigenvalue weighted by Gasteiger charge is 2.32. The zero-order chi connectivity index (χ0) is 25.1. The largest absolute Gasteiger partial charge is 0.378 e. The fourth-order valence-electron chi connectivity index (χ4n) is 3.69. The van der Waals surface area contributed by atoms with Crippen LogP contribution in [-0.2, 0) is 14.9 Å². The van der Waals surface area contributed by atoms with Crippen LogP contribution in [0.4, 0.5) is 5.69 Å². The predicted molar refractivity (Wildman–Crippen MR) is 143 cm³/mol. The molecule has 6 nitrogen and oxygen atoms in total. The first-order chi connectivity index (χ1) is 17.4. The fourth-order valence-corrected chi connectivity index (χ4v) is 5.25. The second-order valence-corrected chi connectivity index (χ2v) is 10.3. The summed E-state index contributed by atoms with van der Waals surface area (Å²) in [7, 11) is -3.99. The van der Waals surface area contributed by atoms with Gasteiger partial charge < -0.3 is 4.18 Å². The van der Waals surface area contributed by atoms with E-state index in [9.17, 15) is 13.2 Å². The van der Waals surface area contributed by atoms with Gasteiger partial charge in [-0.25, -0.2) is 0 Å². The molecule has 0 aliphatic carbocycles. The lowest BCUT2D eigenvalue weighted by Crippen LogP contribution is -2.21. The highest BCUT2D eigenvalue weighted by Crippen LogP contribution is 2.32. The minimum absolute atomic E-state index is 0.0596. The molecule has 178 valence electrons. The Labute approximate surface area is 217 Å². The van der Waals surface area contributed by atoms with Gasteiger partial charge in [0.2, 0.25) is 0 Å². The van der Waals surface area contributed by atoms with Crippen LogP contribution < -0.4 is 9.19 Å². The molecule has 1 amide bonds. The first kappa shape index (κ1) is 23.7. The van der Waals surface area contributed by atoms with Crippen molar-refractivity contribution in [2.24, 2.45) is 5.10 Å². The number of halogens is 1. The lowest BCUT2D eigenvalue weighted by Gasteiger charge is -2.11. The topological polar surface area (TPSA) is 76.0 Å². The summed E-state index contributed by atoms with van der Waals surface area (Å²) < 4.78 is 31.0. The molecule has 0 bridgehead atoms. The second-order valence-electron chi connectivity index (χ2n) is 7.87. The summed E-state index contributed by atoms with van der Waals surface area (Å²) in [5, 5.41) is 6.01. The van der Waals surface area contributed by atoms with Crippen molar-refractivity contribution in [1.29, 1.82) is 0 Å². The molecule has 1 aliphatic heterocycles. The number of benzene rings is 4. The molecule has 4 aromatic rings. The Morgan fingerprint density at radius 2 is 1.42 bits per heavy atom. The number of amides is 1. The van der Waals surface area contributed by atoms with Crippen molar-refractivity contribution in [2.45, 2.75) is 4.90 Å². The van der Waals surface area contributed by atoms with E-state index in [-0.39, 0.29) is 16.6 Å². The third-order valence-electron chi connectivity index (χ3n) is 5.42. The quantitative estimate of drug-likeness (QED) is 0.213. The zero-order valence-corrected chi connectivity index (χ0v) is 21.2. The van der Waals surface area contributed by atoms with Gasteiger partial charge in [0.25, 0.3) is 5.91 Å². The molecule has 0 radical (unpaired) electrons. The van der Waals surface area contributed by atoms with Crippen molar-refractivity contribution in [2.75, 3.05) is 5.01 Å². The van der Waals surface area contributed by atoms with Crippen molar-refractivity contribution in [3.05, 3.63) is 130 Å². The first-order valence-corrected chi connectivity index (χ1v) is 13.2. The Kier molecular flexibility index (Phi) is 6.54. The van der Waals surface area contributed by atoms with Gasteiger partial charge in [0.15, 0.2) is 5.75 Å². The molecular weight excluding hydrogens is 540 g/mol. The Balaban J connectivity index is 1.49.